The van der Waals surface area contributed by atoms with Crippen molar-refractivity contribution in [2.24, 2.45) is 11.8 Å². The standard InChI is InChI=1S/C30H32O14/c1-14(41-21(33)8-5-15-3-6-16(32)7-4-15)18-11-30(44-27(18)38)10-9-17-19(26(37)39-2)13-40-28(22(17)30)43-29-25(36)24(35)23(34)20(12-31)42-29/h3-11,13-14,17,20,22-25,28-29,31-32,34-36H,12H2,1-2H3/b8-5+/t14-,17+,20+,22+,23+,24-,25+,28-,29-,30+/m0/s1. The molecule has 0 saturated carbocycles. The second-order valence-corrected chi connectivity index (χ2v) is 10.7. The molecule has 1 saturated heterocycles. The number of allylic oxidation sites excluding steroid dienone is 1. The molecule has 236 valence electrons. The highest BCUT2D eigenvalue weighted by atomic mass is 16.8. The lowest BCUT2D eigenvalue weighted by atomic mass is 9.78. The first-order valence-corrected chi connectivity index (χ1v) is 13.7. The van der Waals surface area contributed by atoms with Gasteiger partial charge in [0.25, 0.3) is 0 Å². The molecular formula is C30H32O14. The number of aromatic hydroxyl groups is 1. The smallest absolute Gasteiger partial charge is 0.338 e. The molecule has 3 aliphatic heterocycles. The maximum absolute atomic E-state index is 13.1. The molecule has 4 aliphatic rings. The first kappa shape index (κ1) is 31.4. The Morgan fingerprint density at radius 3 is 2.50 bits per heavy atom. The van der Waals surface area contributed by atoms with Crippen LogP contribution < -0.4 is 0 Å². The quantitative estimate of drug-likeness (QED) is 0.109. The summed E-state index contributed by atoms with van der Waals surface area (Å²) in [5, 5.41) is 49.8. The first-order valence-electron chi connectivity index (χ1n) is 13.7. The summed E-state index contributed by atoms with van der Waals surface area (Å²) in [7, 11) is 1.18. The number of benzene rings is 1. The highest BCUT2D eigenvalue weighted by molar-refractivity contribution is 5.95. The van der Waals surface area contributed by atoms with Crippen LogP contribution in [-0.2, 0) is 42.8 Å². The molecule has 5 N–H and O–H groups in total. The van der Waals surface area contributed by atoms with Crippen LogP contribution in [0, 0.1) is 11.8 Å². The van der Waals surface area contributed by atoms with E-state index in [1.54, 1.807) is 18.2 Å². The Morgan fingerprint density at radius 2 is 1.82 bits per heavy atom. The summed E-state index contributed by atoms with van der Waals surface area (Å²) in [6.45, 7) is 0.790. The van der Waals surface area contributed by atoms with E-state index in [-0.39, 0.29) is 16.9 Å². The molecule has 0 bridgehead atoms. The summed E-state index contributed by atoms with van der Waals surface area (Å²) in [6, 6.07) is 6.11. The van der Waals surface area contributed by atoms with Gasteiger partial charge >= 0.3 is 17.9 Å². The Labute approximate surface area is 251 Å². The summed E-state index contributed by atoms with van der Waals surface area (Å²) in [4.78, 5) is 38.2. The van der Waals surface area contributed by atoms with Crippen molar-refractivity contribution in [3.8, 4) is 5.75 Å². The lowest BCUT2D eigenvalue weighted by Gasteiger charge is -2.44. The second kappa shape index (κ2) is 12.5. The number of hydrogen-bond donors (Lipinski definition) is 5. The summed E-state index contributed by atoms with van der Waals surface area (Å²) in [5.74, 6) is -3.97. The molecule has 0 unspecified atom stereocenters. The maximum atomic E-state index is 13.1. The zero-order chi connectivity index (χ0) is 31.8. The van der Waals surface area contributed by atoms with E-state index in [1.165, 1.54) is 44.4 Å². The van der Waals surface area contributed by atoms with Crippen LogP contribution in [0.25, 0.3) is 6.08 Å². The van der Waals surface area contributed by atoms with Crippen LogP contribution >= 0.6 is 0 Å². The number of carbonyl (C=O) groups is 3. The van der Waals surface area contributed by atoms with E-state index in [2.05, 4.69) is 0 Å². The van der Waals surface area contributed by atoms with Gasteiger partial charge < -0.3 is 54.0 Å². The van der Waals surface area contributed by atoms with Gasteiger partial charge in [-0.15, -0.1) is 0 Å². The van der Waals surface area contributed by atoms with Crippen LogP contribution in [0.2, 0.25) is 0 Å². The monoisotopic (exact) mass is 616 g/mol. The third-order valence-electron chi connectivity index (χ3n) is 7.91. The zero-order valence-corrected chi connectivity index (χ0v) is 23.6. The van der Waals surface area contributed by atoms with Crippen molar-refractivity contribution >= 4 is 24.0 Å². The third kappa shape index (κ3) is 5.87. The number of fused-ring (bicyclic) bond motifs is 2. The van der Waals surface area contributed by atoms with Crippen LogP contribution in [-0.4, -0.2) is 106 Å². The van der Waals surface area contributed by atoms with Gasteiger partial charge in [-0.25, -0.2) is 14.4 Å². The van der Waals surface area contributed by atoms with Gasteiger partial charge in [0.15, 0.2) is 11.9 Å². The summed E-state index contributed by atoms with van der Waals surface area (Å²) >= 11 is 0. The Balaban J connectivity index is 1.39. The molecule has 0 aromatic heterocycles. The Morgan fingerprint density at radius 1 is 1.09 bits per heavy atom. The van der Waals surface area contributed by atoms with Gasteiger partial charge in [0.1, 0.15) is 36.3 Å². The minimum absolute atomic E-state index is 0.00226. The molecule has 1 spiro atoms. The van der Waals surface area contributed by atoms with E-state index in [9.17, 15) is 39.9 Å². The minimum atomic E-state index is -1.75. The van der Waals surface area contributed by atoms with Crippen molar-refractivity contribution in [3.05, 3.63) is 71.5 Å². The third-order valence-corrected chi connectivity index (χ3v) is 7.91. The average Bonchev–Trinajstić information content (AvgIpc) is 3.56. The largest absolute Gasteiger partial charge is 0.508 e. The van der Waals surface area contributed by atoms with Gasteiger partial charge in [0.05, 0.1) is 37.0 Å². The van der Waals surface area contributed by atoms with E-state index < -0.39 is 85.1 Å². The van der Waals surface area contributed by atoms with E-state index >= 15 is 0 Å². The molecule has 1 aliphatic carbocycles. The van der Waals surface area contributed by atoms with Gasteiger partial charge in [-0.2, -0.15) is 0 Å². The number of rotatable bonds is 8. The molecule has 14 nitrogen and oxygen atoms in total. The van der Waals surface area contributed by atoms with Crippen LogP contribution in [0.4, 0.5) is 0 Å². The van der Waals surface area contributed by atoms with Gasteiger partial charge in [-0.05, 0) is 42.8 Å². The first-order chi connectivity index (χ1) is 21.0. The average molecular weight is 617 g/mol. The Hall–Kier alpha value is -4.05. The highest BCUT2D eigenvalue weighted by Crippen LogP contribution is 2.51. The number of aliphatic hydroxyl groups is 4. The lowest BCUT2D eigenvalue weighted by Crippen LogP contribution is -2.60. The van der Waals surface area contributed by atoms with E-state index in [0.29, 0.717) is 5.56 Å². The van der Waals surface area contributed by atoms with Crippen LogP contribution in [0.5, 0.6) is 5.75 Å². The molecular weight excluding hydrogens is 584 g/mol. The maximum Gasteiger partial charge on any atom is 0.338 e. The molecule has 0 amide bonds. The van der Waals surface area contributed by atoms with E-state index in [1.807, 2.05) is 0 Å². The van der Waals surface area contributed by atoms with Crippen molar-refractivity contribution in [1.82, 2.24) is 0 Å². The predicted molar refractivity (Wildman–Crippen MR) is 146 cm³/mol. The highest BCUT2D eigenvalue weighted by Gasteiger charge is 2.60. The number of ether oxygens (including phenoxy) is 6. The van der Waals surface area contributed by atoms with Crippen LogP contribution in [0.1, 0.15) is 12.5 Å². The topological polar surface area (TPSA) is 208 Å². The normalized spacial score (nSPS) is 35.0. The van der Waals surface area contributed by atoms with Crippen LogP contribution in [0.15, 0.2) is 66.0 Å². The number of phenolic OH excluding ortho intramolecular Hbond substituents is 1. The van der Waals surface area contributed by atoms with Gasteiger partial charge in [0, 0.05) is 12.0 Å². The van der Waals surface area contributed by atoms with E-state index in [4.69, 9.17) is 28.4 Å². The molecule has 14 heteroatoms. The number of hydrogen-bond acceptors (Lipinski definition) is 14. The number of methoxy groups -OCH3 is 1. The van der Waals surface area contributed by atoms with Crippen molar-refractivity contribution in [2.75, 3.05) is 13.7 Å². The molecule has 10 atom stereocenters. The molecule has 3 heterocycles. The molecule has 1 aromatic rings. The van der Waals surface area contributed by atoms with Crippen molar-refractivity contribution in [2.45, 2.75) is 55.6 Å². The molecule has 1 fully saturated rings. The second-order valence-electron chi connectivity index (χ2n) is 10.7. The Bertz CT molecular complexity index is 1390. The minimum Gasteiger partial charge on any atom is -0.508 e. The fourth-order valence-corrected chi connectivity index (χ4v) is 5.59. The molecule has 0 radical (unpaired) electrons. The van der Waals surface area contributed by atoms with Crippen molar-refractivity contribution < 1.29 is 68.3 Å². The molecule has 44 heavy (non-hydrogen) atoms. The number of aliphatic hydroxyl groups excluding tert-OH is 4. The Kier molecular flexibility index (Phi) is 8.92. The van der Waals surface area contributed by atoms with Gasteiger partial charge in [-0.1, -0.05) is 18.2 Å². The summed E-state index contributed by atoms with van der Waals surface area (Å²) in [5.41, 5.74) is -0.852. The van der Waals surface area contributed by atoms with Crippen molar-refractivity contribution in [3.63, 3.8) is 0 Å². The number of phenols is 1. The van der Waals surface area contributed by atoms with Crippen molar-refractivity contribution in [1.29, 1.82) is 0 Å². The summed E-state index contributed by atoms with van der Waals surface area (Å²) < 4.78 is 33.2. The van der Waals surface area contributed by atoms with Gasteiger partial charge in [0.2, 0.25) is 6.29 Å². The fraction of sp³-hybridized carbons (Fsp3) is 0.433. The SMILES string of the molecule is COC(=O)C1=CO[C@@H](O[C@@H]2O[C@H](CO)[C@@H](O)[C@H](O)[C@H]2O)[C@H]2[C@@H]1C=C[C@@]21C=C([C@H](C)OC(=O)/C=C/c2ccc(O)cc2)C(=O)O1. The fourth-order valence-electron chi connectivity index (χ4n) is 5.59. The zero-order valence-electron chi connectivity index (χ0n) is 23.6. The molecule has 5 rings (SSSR count). The molecule has 1 aromatic carbocycles. The van der Waals surface area contributed by atoms with Crippen LogP contribution in [0.3, 0.4) is 0 Å². The van der Waals surface area contributed by atoms with Gasteiger partial charge in [-0.3, -0.25) is 0 Å². The summed E-state index contributed by atoms with van der Waals surface area (Å²) in [6.07, 6.45) is -2.06. The van der Waals surface area contributed by atoms with E-state index in [0.717, 1.165) is 12.3 Å². The number of carbonyl (C=O) groups excluding carboxylic acids is 3. The number of esters is 3. The lowest BCUT2D eigenvalue weighted by molar-refractivity contribution is -0.344. The predicted octanol–water partition coefficient (Wildman–Crippen LogP) is -0.409.